The number of carbonyl (C=O) groups is 1. The van der Waals surface area contributed by atoms with Crippen LogP contribution in [0.3, 0.4) is 0 Å². The molecule has 18 heavy (non-hydrogen) atoms. The first-order valence-electron chi connectivity index (χ1n) is 5.32. The van der Waals surface area contributed by atoms with E-state index in [9.17, 15) is 4.79 Å². The zero-order valence-corrected chi connectivity index (χ0v) is 11.0. The van der Waals surface area contributed by atoms with Gasteiger partial charge in [0.2, 0.25) is 0 Å². The normalized spacial score (nSPS) is 10.1. The first kappa shape index (κ1) is 12.7. The molecule has 2 rings (SSSR count). The highest BCUT2D eigenvalue weighted by Crippen LogP contribution is 2.13. The summed E-state index contributed by atoms with van der Waals surface area (Å²) in [5.41, 5.74) is 1.72. The molecule has 0 unspecified atom stereocenters. The molecule has 5 heteroatoms. The maximum Gasteiger partial charge on any atom is 0.274 e. The monoisotopic (exact) mass is 306 g/mol. The Hall–Kier alpha value is -1.72. The van der Waals surface area contributed by atoms with Gasteiger partial charge >= 0.3 is 0 Å². The molecule has 1 heterocycles. The van der Waals surface area contributed by atoms with E-state index in [4.69, 9.17) is 5.11 Å². The molecule has 0 atom stereocenters. The van der Waals surface area contributed by atoms with E-state index in [1.165, 1.54) is 0 Å². The molecule has 0 saturated carbocycles. The quantitative estimate of drug-likeness (QED) is 0.916. The fourth-order valence-electron chi connectivity index (χ4n) is 1.45. The largest absolute Gasteiger partial charge is 0.392 e. The van der Waals surface area contributed by atoms with Gasteiger partial charge in [0.1, 0.15) is 5.69 Å². The smallest absolute Gasteiger partial charge is 0.274 e. The van der Waals surface area contributed by atoms with Gasteiger partial charge in [0.25, 0.3) is 5.91 Å². The molecule has 4 nitrogen and oxygen atoms in total. The maximum atomic E-state index is 11.9. The van der Waals surface area contributed by atoms with E-state index in [0.717, 1.165) is 10.0 Å². The molecule has 0 aliphatic carbocycles. The van der Waals surface area contributed by atoms with E-state index in [2.05, 4.69) is 26.2 Å². The molecule has 0 radical (unpaired) electrons. The number of nitrogens with zero attached hydrogens (tertiary/aromatic N) is 1. The lowest BCUT2D eigenvalue weighted by Crippen LogP contribution is -2.13. The number of aliphatic hydroxyl groups excluding tert-OH is 1. The van der Waals surface area contributed by atoms with Gasteiger partial charge in [-0.3, -0.25) is 4.79 Å². The second-order valence-corrected chi connectivity index (χ2v) is 4.59. The summed E-state index contributed by atoms with van der Waals surface area (Å²) in [4.78, 5) is 15.9. The number of rotatable bonds is 3. The van der Waals surface area contributed by atoms with Crippen molar-refractivity contribution in [1.82, 2.24) is 4.98 Å². The van der Waals surface area contributed by atoms with Crippen LogP contribution in [-0.2, 0) is 6.61 Å². The van der Waals surface area contributed by atoms with E-state index < -0.39 is 0 Å². The molecule has 1 aromatic heterocycles. The number of amides is 1. The number of anilines is 1. The molecule has 0 aliphatic heterocycles. The fourth-order valence-corrected chi connectivity index (χ4v) is 1.69. The number of pyridine rings is 1. The Labute approximate surface area is 113 Å². The molecule has 0 aliphatic rings. The third kappa shape index (κ3) is 3.15. The van der Waals surface area contributed by atoms with Crippen molar-refractivity contribution < 1.29 is 9.90 Å². The van der Waals surface area contributed by atoms with Gasteiger partial charge in [0.05, 0.1) is 6.61 Å². The number of hydrogen-bond acceptors (Lipinski definition) is 3. The predicted octanol–water partition coefficient (Wildman–Crippen LogP) is 2.59. The van der Waals surface area contributed by atoms with Crippen LogP contribution in [0.25, 0.3) is 0 Å². The Morgan fingerprint density at radius 2 is 2.17 bits per heavy atom. The molecule has 1 amide bonds. The highest BCUT2D eigenvalue weighted by atomic mass is 79.9. The van der Waals surface area contributed by atoms with Crippen molar-refractivity contribution in [2.24, 2.45) is 0 Å². The molecule has 0 saturated heterocycles. The number of hydrogen-bond donors (Lipinski definition) is 2. The highest BCUT2D eigenvalue weighted by Gasteiger charge is 2.07. The average Bonchev–Trinajstić information content (AvgIpc) is 2.39. The molecule has 2 aromatic rings. The van der Waals surface area contributed by atoms with Crippen molar-refractivity contribution in [3.8, 4) is 0 Å². The van der Waals surface area contributed by atoms with Crippen LogP contribution in [-0.4, -0.2) is 16.0 Å². The van der Waals surface area contributed by atoms with Gasteiger partial charge in [-0.05, 0) is 45.8 Å². The van der Waals surface area contributed by atoms with Crippen LogP contribution in [0.1, 0.15) is 16.1 Å². The number of carbonyl (C=O) groups excluding carboxylic acids is 1. The summed E-state index contributed by atoms with van der Waals surface area (Å²) in [5.74, 6) is -0.280. The third-order valence-electron chi connectivity index (χ3n) is 2.33. The maximum absolute atomic E-state index is 11.9. The lowest BCUT2D eigenvalue weighted by atomic mass is 10.2. The summed E-state index contributed by atoms with van der Waals surface area (Å²) < 4.78 is 0.821. The van der Waals surface area contributed by atoms with Crippen LogP contribution in [0, 0.1) is 0 Å². The number of aromatic nitrogens is 1. The van der Waals surface area contributed by atoms with Crippen LogP contribution in [0.2, 0.25) is 0 Å². The molecule has 1 aromatic carbocycles. The van der Waals surface area contributed by atoms with E-state index in [0.29, 0.717) is 11.4 Å². The molecular weight excluding hydrogens is 296 g/mol. The second-order valence-electron chi connectivity index (χ2n) is 3.67. The lowest BCUT2D eigenvalue weighted by Gasteiger charge is -2.06. The van der Waals surface area contributed by atoms with Crippen molar-refractivity contribution in [3.63, 3.8) is 0 Å². The molecular formula is C13H11BrN2O2. The summed E-state index contributed by atoms with van der Waals surface area (Å²) in [6, 6.07) is 10.4. The summed E-state index contributed by atoms with van der Waals surface area (Å²) in [6.07, 6.45) is 1.57. The van der Waals surface area contributed by atoms with Crippen molar-refractivity contribution >= 4 is 27.5 Å². The second kappa shape index (κ2) is 5.75. The van der Waals surface area contributed by atoms with Crippen LogP contribution < -0.4 is 5.32 Å². The van der Waals surface area contributed by atoms with Crippen molar-refractivity contribution in [1.29, 1.82) is 0 Å². The minimum absolute atomic E-state index is 0.0553. The molecule has 0 spiro atoms. The van der Waals surface area contributed by atoms with Crippen LogP contribution in [0.15, 0.2) is 47.1 Å². The number of aliphatic hydroxyl groups is 1. The molecule has 2 N–H and O–H groups in total. The van der Waals surface area contributed by atoms with Crippen LogP contribution >= 0.6 is 15.9 Å². The summed E-state index contributed by atoms with van der Waals surface area (Å²) >= 11 is 3.26. The van der Waals surface area contributed by atoms with Gasteiger partial charge in [-0.2, -0.15) is 0 Å². The minimum Gasteiger partial charge on any atom is -0.392 e. The number of benzene rings is 1. The van der Waals surface area contributed by atoms with Gasteiger partial charge in [0, 0.05) is 16.4 Å². The average molecular weight is 307 g/mol. The summed E-state index contributed by atoms with van der Waals surface area (Å²) in [5, 5.41) is 11.7. The first-order chi connectivity index (χ1) is 8.69. The van der Waals surface area contributed by atoms with Gasteiger partial charge in [-0.15, -0.1) is 0 Å². The highest BCUT2D eigenvalue weighted by molar-refractivity contribution is 9.10. The zero-order valence-electron chi connectivity index (χ0n) is 9.43. The van der Waals surface area contributed by atoms with Gasteiger partial charge < -0.3 is 10.4 Å². The number of halogens is 1. The Kier molecular flexibility index (Phi) is 4.07. The molecule has 92 valence electrons. The van der Waals surface area contributed by atoms with E-state index >= 15 is 0 Å². The fraction of sp³-hybridized carbons (Fsp3) is 0.0769. The topological polar surface area (TPSA) is 62.2 Å². The Morgan fingerprint density at radius 3 is 2.83 bits per heavy atom. The Bertz CT molecular complexity index is 555. The minimum atomic E-state index is -0.280. The van der Waals surface area contributed by atoms with E-state index in [1.807, 2.05) is 0 Å². The standard InChI is InChI=1S/C13H11BrN2O2/c14-10-4-5-12(15-7-10)13(18)16-11-3-1-2-9(6-11)8-17/h1-7,17H,8H2,(H,16,18). The predicted molar refractivity (Wildman–Crippen MR) is 72.3 cm³/mol. The SMILES string of the molecule is O=C(Nc1cccc(CO)c1)c1ccc(Br)cn1. The van der Waals surface area contributed by atoms with Crippen LogP contribution in [0.5, 0.6) is 0 Å². The zero-order chi connectivity index (χ0) is 13.0. The first-order valence-corrected chi connectivity index (χ1v) is 6.11. The Morgan fingerprint density at radius 1 is 1.33 bits per heavy atom. The molecule has 0 fully saturated rings. The lowest BCUT2D eigenvalue weighted by molar-refractivity contribution is 0.102. The summed E-state index contributed by atoms with van der Waals surface area (Å²) in [6.45, 7) is -0.0553. The van der Waals surface area contributed by atoms with Crippen molar-refractivity contribution in [3.05, 3.63) is 58.3 Å². The third-order valence-corrected chi connectivity index (χ3v) is 2.80. The van der Waals surface area contributed by atoms with Crippen LogP contribution in [0.4, 0.5) is 5.69 Å². The Balaban J connectivity index is 2.13. The number of nitrogens with one attached hydrogen (secondary N) is 1. The van der Waals surface area contributed by atoms with Crippen molar-refractivity contribution in [2.45, 2.75) is 6.61 Å². The summed E-state index contributed by atoms with van der Waals surface area (Å²) in [7, 11) is 0. The van der Waals surface area contributed by atoms with E-state index in [-0.39, 0.29) is 12.5 Å². The van der Waals surface area contributed by atoms with Gasteiger partial charge in [-0.1, -0.05) is 12.1 Å². The molecule has 0 bridgehead atoms. The van der Waals surface area contributed by atoms with Crippen molar-refractivity contribution in [2.75, 3.05) is 5.32 Å². The van der Waals surface area contributed by atoms with Gasteiger partial charge in [0.15, 0.2) is 0 Å². The van der Waals surface area contributed by atoms with E-state index in [1.54, 1.807) is 42.6 Å². The van der Waals surface area contributed by atoms with Gasteiger partial charge in [-0.25, -0.2) is 4.98 Å².